The monoisotopic (exact) mass is 477 g/mol. The van der Waals surface area contributed by atoms with Crippen molar-refractivity contribution in [3.05, 3.63) is 35.7 Å². The number of imidazole rings is 1. The molecule has 0 bridgehead atoms. The number of carbonyl (C=O) groups is 2. The quantitative estimate of drug-likeness (QED) is 0.703. The average Bonchev–Trinajstić information content (AvgIpc) is 3.34. The van der Waals surface area contributed by atoms with Crippen LogP contribution in [0.3, 0.4) is 0 Å². The van der Waals surface area contributed by atoms with E-state index in [1.807, 2.05) is 6.08 Å². The number of nitrogens with one attached hydrogen (secondary N) is 1. The van der Waals surface area contributed by atoms with Crippen LogP contribution in [-0.2, 0) is 15.7 Å². The fourth-order valence-corrected chi connectivity index (χ4v) is 4.67. The van der Waals surface area contributed by atoms with E-state index in [4.69, 9.17) is 9.84 Å². The van der Waals surface area contributed by atoms with Crippen molar-refractivity contribution in [1.29, 1.82) is 0 Å². The summed E-state index contributed by atoms with van der Waals surface area (Å²) in [4.78, 5) is 38.3. The van der Waals surface area contributed by atoms with Crippen LogP contribution < -0.4 is 0 Å². The largest absolute Gasteiger partial charge is 0.480 e. The number of aromatic amines is 1. The molecule has 2 fully saturated rings. The molecule has 4 heterocycles. The minimum Gasteiger partial charge on any atom is -0.480 e. The van der Waals surface area contributed by atoms with Crippen molar-refractivity contribution in [2.75, 3.05) is 32.7 Å². The number of H-pyrrole nitrogens is 1. The Bertz CT molecular complexity index is 1210. The number of aromatic nitrogens is 2. The molecule has 1 aromatic carbocycles. The number of aliphatic carboxylic acids is 1. The Morgan fingerprint density at radius 3 is 2.68 bits per heavy atom. The molecule has 0 saturated carbocycles. The summed E-state index contributed by atoms with van der Waals surface area (Å²) in [7, 11) is 0. The fourth-order valence-electron chi connectivity index (χ4n) is 4.67. The Labute approximate surface area is 191 Å². The molecule has 2 saturated heterocycles. The molecule has 3 aliphatic rings. The van der Waals surface area contributed by atoms with Crippen LogP contribution in [0.25, 0.3) is 16.6 Å². The number of ether oxygens (including phenoxy) is 1. The van der Waals surface area contributed by atoms with Gasteiger partial charge in [-0.15, -0.1) is 0 Å². The van der Waals surface area contributed by atoms with Crippen LogP contribution in [0.5, 0.6) is 0 Å². The van der Waals surface area contributed by atoms with Crippen LogP contribution in [0.1, 0.15) is 30.7 Å². The van der Waals surface area contributed by atoms with Crippen molar-refractivity contribution in [3.63, 3.8) is 0 Å². The highest BCUT2D eigenvalue weighted by Crippen LogP contribution is 2.34. The number of benzene rings is 1. The van der Waals surface area contributed by atoms with Crippen molar-refractivity contribution < 1.29 is 32.6 Å². The predicted octanol–water partition coefficient (Wildman–Crippen LogP) is 3.14. The summed E-state index contributed by atoms with van der Waals surface area (Å²) in [6, 6.07) is 3.43. The third-order valence-electron chi connectivity index (χ3n) is 6.48. The van der Waals surface area contributed by atoms with E-state index in [9.17, 15) is 22.8 Å². The van der Waals surface area contributed by atoms with Gasteiger partial charge in [-0.05, 0) is 18.2 Å². The zero-order chi connectivity index (χ0) is 24.1. The molecule has 1 aromatic heterocycles. The first kappa shape index (κ1) is 22.2. The molecule has 2 aromatic rings. The number of amidine groups is 1. The predicted molar refractivity (Wildman–Crippen MR) is 115 cm³/mol. The molecule has 34 heavy (non-hydrogen) atoms. The summed E-state index contributed by atoms with van der Waals surface area (Å²) < 4.78 is 44.4. The van der Waals surface area contributed by atoms with E-state index >= 15 is 0 Å². The van der Waals surface area contributed by atoms with E-state index in [2.05, 4.69) is 19.9 Å². The second-order valence-electron chi connectivity index (χ2n) is 8.77. The summed E-state index contributed by atoms with van der Waals surface area (Å²) in [5.41, 5.74) is 0.210. The van der Waals surface area contributed by atoms with Gasteiger partial charge >= 0.3 is 18.2 Å². The second kappa shape index (κ2) is 8.03. The zero-order valence-electron chi connectivity index (χ0n) is 18.1. The van der Waals surface area contributed by atoms with Gasteiger partial charge in [-0.1, -0.05) is 6.08 Å². The first-order chi connectivity index (χ1) is 16.1. The molecule has 0 radical (unpaired) electrons. The van der Waals surface area contributed by atoms with E-state index in [-0.39, 0.29) is 13.1 Å². The first-order valence-electron chi connectivity index (χ1n) is 10.9. The third-order valence-corrected chi connectivity index (χ3v) is 6.48. The molecule has 3 aliphatic heterocycles. The number of dihydropyridines is 1. The molecule has 2 N–H and O–H groups in total. The molecule has 0 aliphatic carbocycles. The third kappa shape index (κ3) is 4.19. The number of rotatable bonds is 3. The van der Waals surface area contributed by atoms with E-state index in [0.29, 0.717) is 55.8 Å². The van der Waals surface area contributed by atoms with Gasteiger partial charge < -0.3 is 19.7 Å². The van der Waals surface area contributed by atoms with Crippen molar-refractivity contribution >= 4 is 34.5 Å². The number of hydrogen-bond acceptors (Lipinski definition) is 6. The number of fused-ring (bicyclic) bond motifs is 1. The molecular formula is C22H22F3N5O4. The van der Waals surface area contributed by atoms with Crippen molar-refractivity contribution in [1.82, 2.24) is 19.8 Å². The lowest BCUT2D eigenvalue weighted by Crippen LogP contribution is -2.49. The van der Waals surface area contributed by atoms with Crippen molar-refractivity contribution in [2.24, 2.45) is 4.99 Å². The fraction of sp³-hybridized carbons (Fsp3) is 0.455. The first-order valence-corrected chi connectivity index (χ1v) is 10.9. The lowest BCUT2D eigenvalue weighted by Gasteiger charge is -2.39. The van der Waals surface area contributed by atoms with Gasteiger partial charge in [0.2, 0.25) is 0 Å². The number of hydrogen-bond donors (Lipinski definition) is 2. The molecular weight excluding hydrogens is 455 g/mol. The summed E-state index contributed by atoms with van der Waals surface area (Å²) in [6.45, 7) is 1.50. The maximum atomic E-state index is 13.0. The number of halogens is 3. The highest BCUT2D eigenvalue weighted by Gasteiger charge is 2.47. The Kier molecular flexibility index (Phi) is 5.25. The topological polar surface area (TPSA) is 111 Å². The van der Waals surface area contributed by atoms with Crippen LogP contribution in [0.4, 0.5) is 18.0 Å². The zero-order valence-corrected chi connectivity index (χ0v) is 18.1. The van der Waals surface area contributed by atoms with Gasteiger partial charge in [0.05, 0.1) is 29.7 Å². The Morgan fingerprint density at radius 1 is 1.26 bits per heavy atom. The van der Waals surface area contributed by atoms with Crippen LogP contribution in [0.2, 0.25) is 0 Å². The van der Waals surface area contributed by atoms with Gasteiger partial charge in [-0.3, -0.25) is 14.7 Å². The van der Waals surface area contributed by atoms with Gasteiger partial charge in [0.25, 0.3) is 0 Å². The summed E-state index contributed by atoms with van der Waals surface area (Å²) in [6.07, 6.45) is -1.32. The van der Waals surface area contributed by atoms with Gasteiger partial charge in [0.1, 0.15) is 23.8 Å². The molecule has 9 nitrogen and oxygen atoms in total. The Balaban J connectivity index is 1.21. The number of likely N-dealkylation sites (tertiary alicyclic amines) is 1. The van der Waals surface area contributed by atoms with E-state index in [1.54, 1.807) is 0 Å². The lowest BCUT2D eigenvalue weighted by atomic mass is 9.91. The summed E-state index contributed by atoms with van der Waals surface area (Å²) in [5.74, 6) is 0.322. The van der Waals surface area contributed by atoms with E-state index < -0.39 is 29.4 Å². The maximum absolute atomic E-state index is 13.0. The number of carbonyl (C=O) groups excluding carboxylic acids is 1. The number of carboxylic acids is 1. The van der Waals surface area contributed by atoms with Crippen molar-refractivity contribution in [2.45, 2.75) is 31.0 Å². The normalized spacial score (nSPS) is 20.5. The molecule has 180 valence electrons. The number of alkyl halides is 3. The Hall–Kier alpha value is -3.57. The Morgan fingerprint density at radius 2 is 2.03 bits per heavy atom. The van der Waals surface area contributed by atoms with Crippen molar-refractivity contribution in [3.8, 4) is 0 Å². The summed E-state index contributed by atoms with van der Waals surface area (Å²) >= 11 is 0. The number of piperidine rings is 1. The molecule has 1 amide bonds. The molecule has 1 spiro atoms. The average molecular weight is 477 g/mol. The van der Waals surface area contributed by atoms with Crippen LogP contribution in [-0.4, -0.2) is 81.1 Å². The maximum Gasteiger partial charge on any atom is 0.416 e. The van der Waals surface area contributed by atoms with Gasteiger partial charge in [0.15, 0.2) is 0 Å². The van der Waals surface area contributed by atoms with Gasteiger partial charge in [-0.25, -0.2) is 9.78 Å². The molecule has 0 atom stereocenters. The number of carboxylic acid groups (broad SMARTS) is 1. The molecule has 5 rings (SSSR count). The SMILES string of the molecule is O=C(O)CN1CC2(CCN(C3=NCC(c4nc5ccc(C(F)(F)F)cc5[nH]4)=CC3)CC2)OC1=O. The lowest BCUT2D eigenvalue weighted by molar-refractivity contribution is -0.138. The minimum atomic E-state index is -4.42. The number of nitrogens with zero attached hydrogens (tertiary/aromatic N) is 4. The van der Waals surface area contributed by atoms with Crippen LogP contribution in [0, 0.1) is 0 Å². The summed E-state index contributed by atoms with van der Waals surface area (Å²) in [5, 5.41) is 8.95. The van der Waals surface area contributed by atoms with Crippen LogP contribution >= 0.6 is 0 Å². The minimum absolute atomic E-state index is 0.268. The number of amides is 1. The van der Waals surface area contributed by atoms with E-state index in [0.717, 1.165) is 23.5 Å². The van der Waals surface area contributed by atoms with Gasteiger partial charge in [0, 0.05) is 37.9 Å². The highest BCUT2D eigenvalue weighted by atomic mass is 19.4. The second-order valence-corrected chi connectivity index (χ2v) is 8.77. The smallest absolute Gasteiger partial charge is 0.416 e. The molecule has 12 heteroatoms. The van der Waals surface area contributed by atoms with Gasteiger partial charge in [-0.2, -0.15) is 13.2 Å². The number of aliphatic imine (C=N–C) groups is 1. The van der Waals surface area contributed by atoms with E-state index in [1.165, 1.54) is 11.0 Å². The highest BCUT2D eigenvalue weighted by molar-refractivity contribution is 5.89. The standard InChI is InChI=1S/C22H22F3N5O4/c23-22(24,25)14-2-3-15-16(9-14)28-19(27-15)13-1-4-17(26-10-13)29-7-5-21(6-8-29)12-30(11-18(31)32)20(33)34-21/h1-3,9H,4-8,10-12H2,(H,27,28)(H,31,32). The molecule has 0 unspecified atom stereocenters. The van der Waals surface area contributed by atoms with Crippen LogP contribution in [0.15, 0.2) is 29.3 Å².